The van der Waals surface area contributed by atoms with E-state index in [0.717, 1.165) is 19.5 Å². The van der Waals surface area contributed by atoms with Crippen LogP contribution in [-0.2, 0) is 4.74 Å². The Morgan fingerprint density at radius 2 is 1.92 bits per heavy atom. The van der Waals surface area contributed by atoms with Crippen LogP contribution in [0.3, 0.4) is 0 Å². The van der Waals surface area contributed by atoms with Crippen LogP contribution in [0, 0.1) is 0 Å². The summed E-state index contributed by atoms with van der Waals surface area (Å²) in [6, 6.07) is 0.807. The highest BCUT2D eigenvalue weighted by molar-refractivity contribution is 4.78. The summed E-state index contributed by atoms with van der Waals surface area (Å²) in [6.45, 7) is 7.75. The van der Waals surface area contributed by atoms with E-state index >= 15 is 0 Å². The maximum atomic E-state index is 5.15. The predicted octanol–water partition coefficient (Wildman–Crippen LogP) is 0.718. The van der Waals surface area contributed by atoms with Gasteiger partial charge in [0, 0.05) is 6.04 Å². The number of hydrogen-bond acceptors (Lipinski definition) is 3. The molecule has 0 atom stereocenters. The minimum atomic E-state index is 0.807. The molecule has 2 saturated heterocycles. The highest BCUT2D eigenvalue weighted by atomic mass is 16.5. The Hall–Kier alpha value is -0.120. The van der Waals surface area contributed by atoms with Crippen molar-refractivity contribution in [3.8, 4) is 0 Å². The van der Waals surface area contributed by atoms with Gasteiger partial charge in [-0.25, -0.2) is 0 Å². The standard InChI is InChI=1S/C9H18N2O/c1-2-10-5-3-9(4-6-10)11-7-12-8-11/h9H,2-8H2,1H3. The molecule has 0 N–H and O–H groups in total. The maximum absolute atomic E-state index is 5.15. The van der Waals surface area contributed by atoms with E-state index in [4.69, 9.17) is 4.74 Å². The molecule has 70 valence electrons. The van der Waals surface area contributed by atoms with Crippen molar-refractivity contribution in [1.29, 1.82) is 0 Å². The number of ether oxygens (including phenoxy) is 1. The van der Waals surface area contributed by atoms with Gasteiger partial charge in [0.05, 0.1) is 0 Å². The van der Waals surface area contributed by atoms with Gasteiger partial charge in [-0.05, 0) is 32.5 Å². The molecule has 3 nitrogen and oxygen atoms in total. The third kappa shape index (κ3) is 1.63. The summed E-state index contributed by atoms with van der Waals surface area (Å²) in [4.78, 5) is 4.96. The molecule has 0 amide bonds. The number of piperidine rings is 1. The Kier molecular flexibility index (Phi) is 2.63. The average Bonchev–Trinajstić information content (AvgIpc) is 2.03. The quantitative estimate of drug-likeness (QED) is 0.607. The third-order valence-electron chi connectivity index (χ3n) is 3.03. The molecule has 2 aliphatic heterocycles. The fourth-order valence-corrected chi connectivity index (χ4v) is 2.01. The third-order valence-corrected chi connectivity index (χ3v) is 3.03. The Bertz CT molecular complexity index is 139. The summed E-state index contributed by atoms with van der Waals surface area (Å²) in [5.74, 6) is 0. The minimum absolute atomic E-state index is 0.807. The molecular weight excluding hydrogens is 152 g/mol. The molecule has 2 aliphatic rings. The highest BCUT2D eigenvalue weighted by Gasteiger charge is 2.27. The largest absolute Gasteiger partial charge is 0.351 e. The first-order chi connectivity index (χ1) is 5.90. The predicted molar refractivity (Wildman–Crippen MR) is 47.8 cm³/mol. The summed E-state index contributed by atoms with van der Waals surface area (Å²) in [6.07, 6.45) is 2.66. The van der Waals surface area contributed by atoms with Crippen LogP contribution in [-0.4, -0.2) is 48.9 Å². The van der Waals surface area contributed by atoms with Crippen molar-refractivity contribution >= 4 is 0 Å². The van der Waals surface area contributed by atoms with E-state index in [2.05, 4.69) is 16.7 Å². The molecule has 0 aromatic heterocycles. The molecule has 0 aliphatic carbocycles. The molecule has 12 heavy (non-hydrogen) atoms. The van der Waals surface area contributed by atoms with Crippen LogP contribution in [0.1, 0.15) is 19.8 Å². The maximum Gasteiger partial charge on any atom is 0.103 e. The first kappa shape index (κ1) is 8.48. The lowest BCUT2D eigenvalue weighted by molar-refractivity contribution is -0.172. The van der Waals surface area contributed by atoms with Crippen LogP contribution >= 0.6 is 0 Å². The van der Waals surface area contributed by atoms with E-state index in [1.54, 1.807) is 0 Å². The Balaban J connectivity index is 1.74. The summed E-state index contributed by atoms with van der Waals surface area (Å²) >= 11 is 0. The number of nitrogens with zero attached hydrogens (tertiary/aromatic N) is 2. The van der Waals surface area contributed by atoms with E-state index in [1.807, 2.05) is 0 Å². The molecule has 0 aromatic rings. The lowest BCUT2D eigenvalue weighted by atomic mass is 10.0. The van der Waals surface area contributed by atoms with Crippen LogP contribution in [0.15, 0.2) is 0 Å². The first-order valence-electron chi connectivity index (χ1n) is 4.94. The van der Waals surface area contributed by atoms with Crippen LogP contribution < -0.4 is 0 Å². The highest BCUT2D eigenvalue weighted by Crippen LogP contribution is 2.19. The van der Waals surface area contributed by atoms with E-state index in [9.17, 15) is 0 Å². The van der Waals surface area contributed by atoms with Crippen molar-refractivity contribution < 1.29 is 4.74 Å². The molecule has 2 heterocycles. The van der Waals surface area contributed by atoms with Gasteiger partial charge in [-0.2, -0.15) is 0 Å². The van der Waals surface area contributed by atoms with Crippen LogP contribution in [0.4, 0.5) is 0 Å². The molecule has 0 radical (unpaired) electrons. The Labute approximate surface area is 74.3 Å². The fourth-order valence-electron chi connectivity index (χ4n) is 2.01. The van der Waals surface area contributed by atoms with Crippen LogP contribution in [0.5, 0.6) is 0 Å². The van der Waals surface area contributed by atoms with Gasteiger partial charge in [0.1, 0.15) is 13.5 Å². The van der Waals surface area contributed by atoms with Crippen LogP contribution in [0.2, 0.25) is 0 Å². The van der Waals surface area contributed by atoms with Gasteiger partial charge in [0.2, 0.25) is 0 Å². The number of rotatable bonds is 2. The smallest absolute Gasteiger partial charge is 0.103 e. The van der Waals surface area contributed by atoms with Crippen molar-refractivity contribution in [2.45, 2.75) is 25.8 Å². The van der Waals surface area contributed by atoms with Crippen molar-refractivity contribution in [3.05, 3.63) is 0 Å². The van der Waals surface area contributed by atoms with Gasteiger partial charge >= 0.3 is 0 Å². The van der Waals surface area contributed by atoms with E-state index < -0.39 is 0 Å². The Morgan fingerprint density at radius 1 is 1.25 bits per heavy atom. The summed E-state index contributed by atoms with van der Waals surface area (Å²) in [7, 11) is 0. The van der Waals surface area contributed by atoms with Crippen molar-refractivity contribution in [2.75, 3.05) is 33.1 Å². The summed E-state index contributed by atoms with van der Waals surface area (Å²) in [5, 5.41) is 0. The van der Waals surface area contributed by atoms with Gasteiger partial charge in [-0.15, -0.1) is 0 Å². The first-order valence-corrected chi connectivity index (χ1v) is 4.94. The van der Waals surface area contributed by atoms with Gasteiger partial charge in [0.25, 0.3) is 0 Å². The molecule has 3 heteroatoms. The SMILES string of the molecule is CCN1CCC(N2COC2)CC1. The average molecular weight is 170 g/mol. The topological polar surface area (TPSA) is 15.7 Å². The molecule has 2 rings (SSSR count). The molecule has 0 aromatic carbocycles. The van der Waals surface area contributed by atoms with Gasteiger partial charge < -0.3 is 9.64 Å². The number of hydrogen-bond donors (Lipinski definition) is 0. The van der Waals surface area contributed by atoms with Gasteiger partial charge in [-0.1, -0.05) is 6.92 Å². The van der Waals surface area contributed by atoms with E-state index in [1.165, 1.54) is 32.5 Å². The normalized spacial score (nSPS) is 28.8. The second-order valence-electron chi connectivity index (χ2n) is 3.72. The van der Waals surface area contributed by atoms with Crippen molar-refractivity contribution in [1.82, 2.24) is 9.80 Å². The summed E-state index contributed by atoms with van der Waals surface area (Å²) in [5.41, 5.74) is 0. The van der Waals surface area contributed by atoms with E-state index in [-0.39, 0.29) is 0 Å². The zero-order valence-electron chi connectivity index (χ0n) is 7.83. The van der Waals surface area contributed by atoms with Gasteiger partial charge in [-0.3, -0.25) is 4.90 Å². The zero-order chi connectivity index (χ0) is 8.39. The second kappa shape index (κ2) is 3.73. The molecule has 0 saturated carbocycles. The lowest BCUT2D eigenvalue weighted by Gasteiger charge is -2.42. The zero-order valence-corrected chi connectivity index (χ0v) is 7.83. The Morgan fingerprint density at radius 3 is 2.33 bits per heavy atom. The second-order valence-corrected chi connectivity index (χ2v) is 3.72. The lowest BCUT2D eigenvalue weighted by Crippen LogP contribution is -2.51. The molecule has 0 spiro atoms. The minimum Gasteiger partial charge on any atom is -0.351 e. The van der Waals surface area contributed by atoms with Crippen LogP contribution in [0.25, 0.3) is 0 Å². The molecule has 0 unspecified atom stereocenters. The van der Waals surface area contributed by atoms with E-state index in [0.29, 0.717) is 0 Å². The molecular formula is C9H18N2O. The monoisotopic (exact) mass is 170 g/mol. The fraction of sp³-hybridized carbons (Fsp3) is 1.00. The van der Waals surface area contributed by atoms with Gasteiger partial charge in [0.15, 0.2) is 0 Å². The molecule has 2 fully saturated rings. The molecule has 0 bridgehead atoms. The van der Waals surface area contributed by atoms with Crippen molar-refractivity contribution in [3.63, 3.8) is 0 Å². The number of likely N-dealkylation sites (tertiary alicyclic amines) is 1. The van der Waals surface area contributed by atoms with Crippen molar-refractivity contribution in [2.24, 2.45) is 0 Å². The summed E-state index contributed by atoms with van der Waals surface area (Å²) < 4.78 is 5.15.